The number of thiazole rings is 1. The second kappa shape index (κ2) is 11.8. The quantitative estimate of drug-likeness (QED) is 0.170. The molecule has 0 fully saturated rings. The molecule has 0 unspecified atom stereocenters. The van der Waals surface area contributed by atoms with Crippen molar-refractivity contribution in [2.75, 3.05) is 0 Å². The summed E-state index contributed by atoms with van der Waals surface area (Å²) in [5, 5.41) is 4.63. The second-order valence-corrected chi connectivity index (χ2v) is 12.5. The van der Waals surface area contributed by atoms with Crippen LogP contribution in [-0.4, -0.2) is 19.9 Å². The van der Waals surface area contributed by atoms with Gasteiger partial charge in [-0.25, -0.2) is 4.98 Å². The molecule has 0 aliphatic carbocycles. The van der Waals surface area contributed by atoms with Gasteiger partial charge in [0.25, 0.3) is 0 Å². The van der Waals surface area contributed by atoms with Crippen LogP contribution >= 0.6 is 11.3 Å². The van der Waals surface area contributed by atoms with Crippen LogP contribution in [0.25, 0.3) is 88.1 Å². The Balaban J connectivity index is 1.33. The Morgan fingerprint density at radius 2 is 1.10 bits per heavy atom. The first-order valence-corrected chi connectivity index (χ1v) is 16.5. The van der Waals surface area contributed by atoms with Crippen molar-refractivity contribution in [2.45, 2.75) is 0 Å². The number of nitrogens with zero attached hydrogens (tertiary/aromatic N) is 4. The third kappa shape index (κ3) is 4.96. The molecule has 0 N–H and O–H groups in total. The highest BCUT2D eigenvalue weighted by atomic mass is 32.1. The molecule has 0 radical (unpaired) electrons. The highest BCUT2D eigenvalue weighted by Crippen LogP contribution is 2.45. The molecule has 9 rings (SSSR count). The molecule has 0 atom stereocenters. The molecule has 0 aliphatic heterocycles. The maximum absolute atomic E-state index is 5.65. The van der Waals surface area contributed by atoms with E-state index in [1.165, 1.54) is 28.5 Å². The van der Waals surface area contributed by atoms with E-state index in [-0.39, 0.29) is 0 Å². The number of fused-ring (bicyclic) bond motifs is 2. The van der Waals surface area contributed by atoms with Crippen LogP contribution in [-0.2, 0) is 0 Å². The van der Waals surface area contributed by atoms with E-state index in [9.17, 15) is 0 Å². The first kappa shape index (κ1) is 28.0. The molecule has 9 aromatic rings. The Morgan fingerprint density at radius 3 is 1.83 bits per heavy atom. The van der Waals surface area contributed by atoms with E-state index in [0.29, 0.717) is 5.76 Å². The van der Waals surface area contributed by atoms with E-state index in [2.05, 4.69) is 136 Å². The molecule has 0 bridgehead atoms. The van der Waals surface area contributed by atoms with Crippen molar-refractivity contribution < 1.29 is 4.42 Å². The lowest BCUT2D eigenvalue weighted by molar-refractivity contribution is 0.570. The van der Waals surface area contributed by atoms with Gasteiger partial charge in [0.1, 0.15) is 5.69 Å². The highest BCUT2D eigenvalue weighted by Gasteiger charge is 2.19. The van der Waals surface area contributed by atoms with Crippen molar-refractivity contribution in [3.63, 3.8) is 0 Å². The Kier molecular flexibility index (Phi) is 6.91. The van der Waals surface area contributed by atoms with Crippen LogP contribution in [0.15, 0.2) is 162 Å². The standard InChI is InChI=1S/C42H26N4OS/c1-2-7-27(8-3-1)28-9-6-10-29(19-28)30-13-14-35-36(20-30)42(31-15-17-45-37(21-31)39-23-43-25-47-39)34-12-5-4-11-33(34)41(35)32-16-18-46-38(22-32)40-24-44-26-48-40/h1-26H. The lowest BCUT2D eigenvalue weighted by Gasteiger charge is -2.19. The van der Waals surface area contributed by atoms with Crippen molar-refractivity contribution in [3.05, 3.63) is 158 Å². The van der Waals surface area contributed by atoms with Crippen molar-refractivity contribution >= 4 is 32.9 Å². The first-order valence-electron chi connectivity index (χ1n) is 15.6. The second-order valence-electron chi connectivity index (χ2n) is 11.6. The fourth-order valence-corrected chi connectivity index (χ4v) is 7.20. The number of rotatable bonds is 6. The van der Waals surface area contributed by atoms with Gasteiger partial charge in [-0.2, -0.15) is 0 Å². The van der Waals surface area contributed by atoms with E-state index in [1.54, 1.807) is 17.5 Å². The summed E-state index contributed by atoms with van der Waals surface area (Å²) in [6, 6.07) is 43.3. The average molecular weight is 635 g/mol. The van der Waals surface area contributed by atoms with E-state index in [0.717, 1.165) is 60.2 Å². The van der Waals surface area contributed by atoms with E-state index in [1.807, 2.05) is 24.1 Å². The molecule has 0 spiro atoms. The Hall–Kier alpha value is -6.24. The molecule has 0 amide bonds. The monoisotopic (exact) mass is 634 g/mol. The van der Waals surface area contributed by atoms with Gasteiger partial charge in [-0.1, -0.05) is 84.9 Å². The fraction of sp³-hybridized carbons (Fsp3) is 0. The minimum atomic E-state index is 0.632. The summed E-state index contributed by atoms with van der Waals surface area (Å²) in [7, 11) is 0. The predicted molar refractivity (Wildman–Crippen MR) is 195 cm³/mol. The lowest BCUT2D eigenvalue weighted by Crippen LogP contribution is -1.93. The van der Waals surface area contributed by atoms with Crippen molar-refractivity contribution in [1.29, 1.82) is 0 Å². The molecule has 4 aromatic heterocycles. The lowest BCUT2D eigenvalue weighted by atomic mass is 9.84. The summed E-state index contributed by atoms with van der Waals surface area (Å²) in [5.41, 5.74) is 12.7. The number of benzene rings is 5. The Bertz CT molecular complexity index is 2560. The molecule has 6 heteroatoms. The Morgan fingerprint density at radius 1 is 0.458 bits per heavy atom. The van der Waals surface area contributed by atoms with E-state index in [4.69, 9.17) is 9.40 Å². The molecule has 48 heavy (non-hydrogen) atoms. The Labute approximate surface area is 280 Å². The maximum Gasteiger partial charge on any atom is 0.181 e. The molecule has 0 aliphatic rings. The maximum atomic E-state index is 5.65. The number of oxazole rings is 1. The van der Waals surface area contributed by atoms with Gasteiger partial charge in [0.15, 0.2) is 12.2 Å². The average Bonchev–Trinajstić information content (AvgIpc) is 3.90. The third-order valence-electron chi connectivity index (χ3n) is 8.79. The SMILES string of the molecule is c1ccc(-c2cccc(-c3ccc4c(-c5ccnc(-c6cncs6)c5)c5ccccc5c(-c5ccnc(-c6cnco6)c5)c4c3)c2)cc1. The molecule has 0 saturated heterocycles. The number of pyridine rings is 2. The van der Waals surface area contributed by atoms with Gasteiger partial charge in [0.05, 0.1) is 22.3 Å². The van der Waals surface area contributed by atoms with E-state index < -0.39 is 0 Å². The van der Waals surface area contributed by atoms with Gasteiger partial charge in [0.2, 0.25) is 0 Å². The van der Waals surface area contributed by atoms with E-state index >= 15 is 0 Å². The molecular formula is C42H26N4OS. The van der Waals surface area contributed by atoms with Crippen LogP contribution in [0, 0.1) is 0 Å². The zero-order chi connectivity index (χ0) is 31.9. The summed E-state index contributed by atoms with van der Waals surface area (Å²) in [4.78, 5) is 18.8. The predicted octanol–water partition coefficient (Wildman–Crippen LogP) is 11.2. The zero-order valence-electron chi connectivity index (χ0n) is 25.6. The summed E-state index contributed by atoms with van der Waals surface area (Å²) >= 11 is 1.59. The van der Waals surface area contributed by atoms with Gasteiger partial charge in [-0.15, -0.1) is 11.3 Å². The van der Waals surface area contributed by atoms with Gasteiger partial charge in [0, 0.05) is 18.6 Å². The molecule has 226 valence electrons. The summed E-state index contributed by atoms with van der Waals surface area (Å²) < 4.78 is 5.65. The normalized spacial score (nSPS) is 11.3. The van der Waals surface area contributed by atoms with Crippen LogP contribution in [0.2, 0.25) is 0 Å². The van der Waals surface area contributed by atoms with Crippen LogP contribution in [0.4, 0.5) is 0 Å². The van der Waals surface area contributed by atoms with Crippen LogP contribution in [0.5, 0.6) is 0 Å². The summed E-state index contributed by atoms with van der Waals surface area (Å²) in [6.45, 7) is 0. The van der Waals surface area contributed by atoms with Crippen LogP contribution < -0.4 is 0 Å². The molecule has 4 heterocycles. The molecule has 0 saturated carbocycles. The van der Waals surface area contributed by atoms with Crippen molar-refractivity contribution in [3.8, 4) is 66.5 Å². The smallest absolute Gasteiger partial charge is 0.181 e. The van der Waals surface area contributed by atoms with Gasteiger partial charge in [-0.3, -0.25) is 15.0 Å². The number of hydrogen-bond acceptors (Lipinski definition) is 6. The van der Waals surface area contributed by atoms with Gasteiger partial charge in [-0.05, 0) is 102 Å². The van der Waals surface area contributed by atoms with Crippen LogP contribution in [0.3, 0.4) is 0 Å². The first-order chi connectivity index (χ1) is 23.8. The summed E-state index contributed by atoms with van der Waals surface area (Å²) in [6.07, 6.45) is 8.76. The highest BCUT2D eigenvalue weighted by molar-refractivity contribution is 7.13. The van der Waals surface area contributed by atoms with Gasteiger partial charge < -0.3 is 4.42 Å². The topological polar surface area (TPSA) is 64.7 Å². The van der Waals surface area contributed by atoms with Gasteiger partial charge >= 0.3 is 0 Å². The molecule has 5 aromatic carbocycles. The number of aromatic nitrogens is 4. The van der Waals surface area contributed by atoms with Crippen molar-refractivity contribution in [2.24, 2.45) is 0 Å². The fourth-order valence-electron chi connectivity index (χ4n) is 6.62. The number of hydrogen-bond donors (Lipinski definition) is 0. The van der Waals surface area contributed by atoms with Crippen LogP contribution in [0.1, 0.15) is 0 Å². The molecular weight excluding hydrogens is 609 g/mol. The summed E-state index contributed by atoms with van der Waals surface area (Å²) in [5.74, 6) is 0.632. The largest absolute Gasteiger partial charge is 0.442 e. The minimum absolute atomic E-state index is 0.632. The molecule has 5 nitrogen and oxygen atoms in total. The zero-order valence-corrected chi connectivity index (χ0v) is 26.4. The third-order valence-corrected chi connectivity index (χ3v) is 9.59. The van der Waals surface area contributed by atoms with Crippen molar-refractivity contribution in [1.82, 2.24) is 19.9 Å². The minimum Gasteiger partial charge on any atom is -0.442 e.